The molecule has 2 aromatic rings. The van der Waals surface area contributed by atoms with Crippen LogP contribution in [0, 0.1) is 0 Å². The van der Waals surface area contributed by atoms with Gasteiger partial charge in [-0.25, -0.2) is 0 Å². The van der Waals surface area contributed by atoms with Crippen LogP contribution in [0.1, 0.15) is 30.9 Å². The molecule has 0 spiro atoms. The van der Waals surface area contributed by atoms with Gasteiger partial charge in [-0.05, 0) is 47.4 Å². The molecule has 0 radical (unpaired) electrons. The highest BCUT2D eigenvalue weighted by molar-refractivity contribution is 6.02. The summed E-state index contributed by atoms with van der Waals surface area (Å²) in [5.41, 5.74) is 3.61. The molecule has 1 aliphatic rings. The van der Waals surface area contributed by atoms with Crippen LogP contribution in [-0.4, -0.2) is 49.1 Å². The summed E-state index contributed by atoms with van der Waals surface area (Å²) in [4.78, 5) is 26.3. The zero-order valence-electron chi connectivity index (χ0n) is 18.0. The lowest BCUT2D eigenvalue weighted by atomic mass is 10.0. The number of carbonyl (C=O) groups excluding carboxylic acids is 2. The van der Waals surface area contributed by atoms with E-state index < -0.39 is 12.1 Å². The molecule has 5 nitrogen and oxygen atoms in total. The first-order valence-corrected chi connectivity index (χ1v) is 10.4. The second-order valence-corrected chi connectivity index (χ2v) is 7.97. The molecular formula is C24H26F3N3O2. The average Bonchev–Trinajstić information content (AvgIpc) is 2.77. The Morgan fingerprint density at radius 2 is 1.53 bits per heavy atom. The van der Waals surface area contributed by atoms with Crippen molar-refractivity contribution in [3.63, 3.8) is 0 Å². The third-order valence-electron chi connectivity index (χ3n) is 5.34. The van der Waals surface area contributed by atoms with Crippen molar-refractivity contribution in [3.05, 3.63) is 65.7 Å². The Hall–Kier alpha value is -3.29. The quantitative estimate of drug-likeness (QED) is 0.681. The number of amides is 2. The SMILES string of the molecule is CC(C)c1ccc(/C=C/C(=O)Nc2ccc(N3CCN(C(=O)C(F)(F)F)CC3)cc2)cc1. The number of carbonyl (C=O) groups is 2. The average molecular weight is 445 g/mol. The monoisotopic (exact) mass is 445 g/mol. The Balaban J connectivity index is 1.51. The Kier molecular flexibility index (Phi) is 7.22. The number of hydrogen-bond acceptors (Lipinski definition) is 3. The summed E-state index contributed by atoms with van der Waals surface area (Å²) < 4.78 is 37.7. The molecule has 1 aliphatic heterocycles. The lowest BCUT2D eigenvalue weighted by Crippen LogP contribution is -2.52. The zero-order valence-corrected chi connectivity index (χ0v) is 18.0. The summed E-state index contributed by atoms with van der Waals surface area (Å²) in [5, 5.41) is 2.79. The van der Waals surface area contributed by atoms with Gasteiger partial charge >= 0.3 is 12.1 Å². The van der Waals surface area contributed by atoms with Gasteiger partial charge in [0.05, 0.1) is 0 Å². The summed E-state index contributed by atoms with van der Waals surface area (Å²) in [6, 6.07) is 15.1. The predicted octanol–water partition coefficient (Wildman–Crippen LogP) is 4.67. The summed E-state index contributed by atoms with van der Waals surface area (Å²) >= 11 is 0. The van der Waals surface area contributed by atoms with E-state index in [1.54, 1.807) is 30.3 Å². The van der Waals surface area contributed by atoms with E-state index in [1.807, 2.05) is 29.2 Å². The van der Waals surface area contributed by atoms with Crippen LogP contribution in [0.3, 0.4) is 0 Å². The molecule has 0 aliphatic carbocycles. The first-order valence-electron chi connectivity index (χ1n) is 10.4. The van der Waals surface area contributed by atoms with Gasteiger partial charge in [0.25, 0.3) is 0 Å². The van der Waals surface area contributed by atoms with E-state index in [2.05, 4.69) is 19.2 Å². The highest BCUT2D eigenvalue weighted by Gasteiger charge is 2.43. The van der Waals surface area contributed by atoms with E-state index in [1.165, 1.54) is 11.6 Å². The van der Waals surface area contributed by atoms with Gasteiger partial charge in [-0.3, -0.25) is 9.59 Å². The first-order chi connectivity index (χ1) is 15.1. The lowest BCUT2D eigenvalue weighted by molar-refractivity contribution is -0.185. The highest BCUT2D eigenvalue weighted by Crippen LogP contribution is 2.23. The van der Waals surface area contributed by atoms with Gasteiger partial charge in [0.2, 0.25) is 5.91 Å². The van der Waals surface area contributed by atoms with Gasteiger partial charge in [0.1, 0.15) is 0 Å². The standard InChI is InChI=1S/C24H26F3N3O2/c1-17(2)19-6-3-18(4-7-19)5-12-22(31)28-20-8-10-21(11-9-20)29-13-15-30(16-14-29)23(32)24(25,26)27/h3-12,17H,13-16H2,1-2H3,(H,28,31)/b12-5+. The molecule has 1 N–H and O–H groups in total. The van der Waals surface area contributed by atoms with Crippen molar-refractivity contribution in [2.45, 2.75) is 25.9 Å². The second-order valence-electron chi connectivity index (χ2n) is 7.97. The second kappa shape index (κ2) is 9.89. The number of piperazine rings is 1. The van der Waals surface area contributed by atoms with Crippen molar-refractivity contribution in [3.8, 4) is 0 Å². The summed E-state index contributed by atoms with van der Waals surface area (Å²) in [7, 11) is 0. The molecule has 2 aromatic carbocycles. The molecule has 0 atom stereocenters. The Morgan fingerprint density at radius 3 is 2.06 bits per heavy atom. The number of benzene rings is 2. The molecule has 1 saturated heterocycles. The van der Waals surface area contributed by atoms with Crippen LogP contribution >= 0.6 is 0 Å². The lowest BCUT2D eigenvalue weighted by Gasteiger charge is -2.36. The number of rotatable bonds is 5. The Labute approximate surface area is 185 Å². The van der Waals surface area contributed by atoms with E-state index >= 15 is 0 Å². The summed E-state index contributed by atoms with van der Waals surface area (Å²) in [6.07, 6.45) is -1.63. The van der Waals surface area contributed by atoms with Crippen LogP contribution in [0.15, 0.2) is 54.6 Å². The maximum atomic E-state index is 12.6. The molecular weight excluding hydrogens is 419 g/mol. The van der Waals surface area contributed by atoms with Crippen molar-refractivity contribution < 1.29 is 22.8 Å². The molecule has 1 heterocycles. The van der Waals surface area contributed by atoms with Gasteiger partial charge in [-0.2, -0.15) is 13.2 Å². The van der Waals surface area contributed by atoms with Crippen LogP contribution in [0.4, 0.5) is 24.5 Å². The smallest absolute Gasteiger partial charge is 0.368 e. The van der Waals surface area contributed by atoms with Crippen LogP contribution in [0.5, 0.6) is 0 Å². The minimum absolute atomic E-state index is 0.0137. The molecule has 8 heteroatoms. The third-order valence-corrected chi connectivity index (χ3v) is 5.34. The minimum atomic E-state index is -4.84. The maximum absolute atomic E-state index is 12.6. The molecule has 0 saturated carbocycles. The topological polar surface area (TPSA) is 52.7 Å². The van der Waals surface area contributed by atoms with Gasteiger partial charge in [0.15, 0.2) is 0 Å². The molecule has 0 aromatic heterocycles. The highest BCUT2D eigenvalue weighted by atomic mass is 19.4. The Bertz CT molecular complexity index is 959. The number of nitrogens with zero attached hydrogens (tertiary/aromatic N) is 2. The summed E-state index contributed by atoms with van der Waals surface area (Å²) in [6.45, 7) is 4.90. The Morgan fingerprint density at radius 1 is 0.938 bits per heavy atom. The maximum Gasteiger partial charge on any atom is 0.471 e. The number of halogens is 3. The van der Waals surface area contributed by atoms with E-state index in [-0.39, 0.29) is 19.0 Å². The van der Waals surface area contributed by atoms with Gasteiger partial charge in [-0.1, -0.05) is 38.1 Å². The van der Waals surface area contributed by atoms with Crippen LogP contribution < -0.4 is 10.2 Å². The van der Waals surface area contributed by atoms with Crippen molar-refractivity contribution >= 4 is 29.3 Å². The molecule has 0 bridgehead atoms. The third kappa shape index (κ3) is 6.12. The molecule has 0 unspecified atom stereocenters. The largest absolute Gasteiger partial charge is 0.471 e. The van der Waals surface area contributed by atoms with Crippen molar-refractivity contribution in [1.29, 1.82) is 0 Å². The molecule has 1 fully saturated rings. The van der Waals surface area contributed by atoms with Gasteiger partial charge < -0.3 is 15.1 Å². The van der Waals surface area contributed by atoms with Crippen LogP contribution in [0.2, 0.25) is 0 Å². The van der Waals surface area contributed by atoms with E-state index in [0.29, 0.717) is 24.7 Å². The fraction of sp³-hybridized carbons (Fsp3) is 0.333. The van der Waals surface area contributed by atoms with Crippen LogP contribution in [0.25, 0.3) is 6.08 Å². The predicted molar refractivity (Wildman–Crippen MR) is 119 cm³/mol. The van der Waals surface area contributed by atoms with Crippen molar-refractivity contribution in [1.82, 2.24) is 4.90 Å². The van der Waals surface area contributed by atoms with Gasteiger partial charge in [0, 0.05) is 43.6 Å². The minimum Gasteiger partial charge on any atom is -0.368 e. The van der Waals surface area contributed by atoms with Crippen LogP contribution in [-0.2, 0) is 9.59 Å². The molecule has 2 amide bonds. The van der Waals surface area contributed by atoms with Gasteiger partial charge in [-0.15, -0.1) is 0 Å². The number of hydrogen-bond donors (Lipinski definition) is 1. The van der Waals surface area contributed by atoms with E-state index in [4.69, 9.17) is 0 Å². The normalized spacial score (nSPS) is 14.8. The zero-order chi connectivity index (χ0) is 23.3. The summed E-state index contributed by atoms with van der Waals surface area (Å²) in [5.74, 6) is -1.60. The van der Waals surface area contributed by atoms with E-state index in [0.717, 1.165) is 16.2 Å². The van der Waals surface area contributed by atoms with Crippen molar-refractivity contribution in [2.24, 2.45) is 0 Å². The fourth-order valence-electron chi connectivity index (χ4n) is 3.45. The number of nitrogens with one attached hydrogen (secondary N) is 1. The number of alkyl halides is 3. The fourth-order valence-corrected chi connectivity index (χ4v) is 3.45. The first kappa shape index (κ1) is 23.4. The molecule has 170 valence electrons. The molecule has 3 rings (SSSR count). The van der Waals surface area contributed by atoms with Crippen molar-refractivity contribution in [2.75, 3.05) is 36.4 Å². The molecule has 32 heavy (non-hydrogen) atoms. The van der Waals surface area contributed by atoms with E-state index in [9.17, 15) is 22.8 Å². The number of anilines is 2.